The van der Waals surface area contributed by atoms with Gasteiger partial charge in [0.05, 0.1) is 5.56 Å². The van der Waals surface area contributed by atoms with Gasteiger partial charge in [0.2, 0.25) is 0 Å². The van der Waals surface area contributed by atoms with E-state index in [-0.39, 0.29) is 12.5 Å². The van der Waals surface area contributed by atoms with Crippen LogP contribution in [-0.2, 0) is 5.66 Å². The molecule has 2 aliphatic rings. The summed E-state index contributed by atoms with van der Waals surface area (Å²) < 4.78 is 0. The van der Waals surface area contributed by atoms with Crippen molar-refractivity contribution in [2.24, 2.45) is 0 Å². The number of hydrogen-bond donors (Lipinski definition) is 1. The van der Waals surface area contributed by atoms with Crippen molar-refractivity contribution in [1.82, 2.24) is 14.8 Å². The van der Waals surface area contributed by atoms with E-state index < -0.39 is 11.8 Å². The standard InChI is InChI=1S/C16H12ClN3O3/c17-11-3-1-10(2-4-11)16-13-9-18-6-5-12(13)14(21)19(16)7-8-20(16)15(22)23/h1-6,9H,7-8H2,(H,22,23). The average Bonchev–Trinajstić information content (AvgIpc) is 3.05. The molecule has 7 heteroatoms. The number of amides is 2. The van der Waals surface area contributed by atoms with Crippen molar-refractivity contribution in [2.45, 2.75) is 5.66 Å². The summed E-state index contributed by atoms with van der Waals surface area (Å²) in [6.07, 6.45) is 2.04. The lowest BCUT2D eigenvalue weighted by atomic mass is 9.91. The maximum atomic E-state index is 12.7. The third-order valence-electron chi connectivity index (χ3n) is 4.48. The van der Waals surface area contributed by atoms with E-state index in [9.17, 15) is 14.7 Å². The zero-order valence-corrected chi connectivity index (χ0v) is 12.7. The van der Waals surface area contributed by atoms with Crippen LogP contribution in [0, 0.1) is 0 Å². The van der Waals surface area contributed by atoms with Crippen molar-refractivity contribution in [2.75, 3.05) is 13.1 Å². The second-order valence-corrected chi connectivity index (χ2v) is 5.93. The smallest absolute Gasteiger partial charge is 0.409 e. The number of rotatable bonds is 1. The van der Waals surface area contributed by atoms with E-state index in [1.807, 2.05) is 0 Å². The first-order valence-electron chi connectivity index (χ1n) is 7.10. The van der Waals surface area contributed by atoms with Crippen molar-refractivity contribution < 1.29 is 14.7 Å². The summed E-state index contributed by atoms with van der Waals surface area (Å²) in [5.74, 6) is -0.180. The van der Waals surface area contributed by atoms with Crippen molar-refractivity contribution >= 4 is 23.6 Å². The van der Waals surface area contributed by atoms with E-state index in [4.69, 9.17) is 11.6 Å². The number of carbonyl (C=O) groups is 2. The molecule has 0 bridgehead atoms. The lowest BCUT2D eigenvalue weighted by Gasteiger charge is -2.38. The maximum Gasteiger partial charge on any atom is 0.409 e. The second-order valence-electron chi connectivity index (χ2n) is 5.49. The zero-order chi connectivity index (χ0) is 16.2. The van der Waals surface area contributed by atoms with E-state index in [2.05, 4.69) is 4.98 Å². The molecule has 1 fully saturated rings. The molecule has 116 valence electrons. The predicted molar refractivity (Wildman–Crippen MR) is 82.2 cm³/mol. The Kier molecular flexibility index (Phi) is 2.86. The van der Waals surface area contributed by atoms with Gasteiger partial charge in [-0.2, -0.15) is 0 Å². The molecule has 1 aromatic heterocycles. The van der Waals surface area contributed by atoms with E-state index >= 15 is 0 Å². The number of fused-ring (bicyclic) bond motifs is 3. The van der Waals surface area contributed by atoms with Gasteiger partial charge >= 0.3 is 6.09 Å². The predicted octanol–water partition coefficient (Wildman–Crippen LogP) is 2.39. The van der Waals surface area contributed by atoms with Crippen molar-refractivity contribution in [3.05, 3.63) is 64.4 Å². The van der Waals surface area contributed by atoms with Crippen LogP contribution in [0.25, 0.3) is 0 Å². The summed E-state index contributed by atoms with van der Waals surface area (Å²) >= 11 is 5.96. The summed E-state index contributed by atoms with van der Waals surface area (Å²) in [7, 11) is 0. The fourth-order valence-corrected chi connectivity index (χ4v) is 3.72. The Bertz CT molecular complexity index is 820. The van der Waals surface area contributed by atoms with Gasteiger partial charge in [-0.3, -0.25) is 14.7 Å². The first kappa shape index (κ1) is 14.0. The summed E-state index contributed by atoms with van der Waals surface area (Å²) in [5, 5.41) is 10.2. The van der Waals surface area contributed by atoms with E-state index in [1.54, 1.807) is 47.6 Å². The highest BCUT2D eigenvalue weighted by Crippen LogP contribution is 2.49. The van der Waals surface area contributed by atoms with Gasteiger partial charge in [0, 0.05) is 41.6 Å². The first-order chi connectivity index (χ1) is 11.1. The fraction of sp³-hybridized carbons (Fsp3) is 0.188. The van der Waals surface area contributed by atoms with Crippen LogP contribution in [0.4, 0.5) is 4.79 Å². The van der Waals surface area contributed by atoms with Gasteiger partial charge in [0.15, 0.2) is 5.66 Å². The Morgan fingerprint density at radius 3 is 2.65 bits per heavy atom. The van der Waals surface area contributed by atoms with Gasteiger partial charge in [0.1, 0.15) is 0 Å². The summed E-state index contributed by atoms with van der Waals surface area (Å²) in [6, 6.07) is 8.54. The van der Waals surface area contributed by atoms with Crippen molar-refractivity contribution in [1.29, 1.82) is 0 Å². The van der Waals surface area contributed by atoms with E-state index in [1.165, 1.54) is 4.90 Å². The van der Waals surface area contributed by atoms with E-state index in [0.717, 1.165) is 0 Å². The van der Waals surface area contributed by atoms with Crippen LogP contribution in [0.5, 0.6) is 0 Å². The highest BCUT2D eigenvalue weighted by molar-refractivity contribution is 6.30. The number of aromatic nitrogens is 1. The lowest BCUT2D eigenvalue weighted by molar-refractivity contribution is 0.0463. The highest BCUT2D eigenvalue weighted by Gasteiger charge is 2.60. The van der Waals surface area contributed by atoms with Gasteiger partial charge in [-0.15, -0.1) is 0 Å². The van der Waals surface area contributed by atoms with Gasteiger partial charge < -0.3 is 10.0 Å². The molecule has 2 aliphatic heterocycles. The molecule has 1 atom stereocenters. The molecular weight excluding hydrogens is 318 g/mol. The molecule has 4 rings (SSSR count). The lowest BCUT2D eigenvalue weighted by Crippen LogP contribution is -2.51. The number of carboxylic acid groups (broad SMARTS) is 1. The summed E-state index contributed by atoms with van der Waals surface area (Å²) in [5.41, 5.74) is 0.590. The van der Waals surface area contributed by atoms with Gasteiger partial charge in [-0.1, -0.05) is 23.7 Å². The average molecular weight is 330 g/mol. The third-order valence-corrected chi connectivity index (χ3v) is 4.73. The largest absolute Gasteiger partial charge is 0.465 e. The topological polar surface area (TPSA) is 73.7 Å². The molecule has 3 heterocycles. The molecule has 0 spiro atoms. The molecule has 1 N–H and O–H groups in total. The molecule has 6 nitrogen and oxygen atoms in total. The molecule has 23 heavy (non-hydrogen) atoms. The van der Waals surface area contributed by atoms with Crippen LogP contribution < -0.4 is 0 Å². The number of nitrogens with zero attached hydrogens (tertiary/aromatic N) is 3. The zero-order valence-electron chi connectivity index (χ0n) is 11.9. The van der Waals surface area contributed by atoms with Gasteiger partial charge in [-0.05, 0) is 18.2 Å². The number of hydrogen-bond acceptors (Lipinski definition) is 3. The molecule has 1 saturated heterocycles. The third kappa shape index (κ3) is 1.66. The van der Waals surface area contributed by atoms with Crippen LogP contribution in [-0.4, -0.2) is 45.0 Å². The molecule has 2 aromatic rings. The molecular formula is C16H12ClN3O3. The quantitative estimate of drug-likeness (QED) is 0.871. The normalized spacial score (nSPS) is 22.2. The molecule has 0 saturated carbocycles. The number of halogens is 1. The van der Waals surface area contributed by atoms with E-state index in [0.29, 0.717) is 28.3 Å². The number of carbonyl (C=O) groups excluding carboxylic acids is 1. The Morgan fingerprint density at radius 1 is 1.22 bits per heavy atom. The van der Waals surface area contributed by atoms with Crippen LogP contribution in [0.3, 0.4) is 0 Å². The fourth-order valence-electron chi connectivity index (χ4n) is 3.60. The molecule has 1 aromatic carbocycles. The molecule has 1 unspecified atom stereocenters. The molecule has 0 aliphatic carbocycles. The minimum absolute atomic E-state index is 0.180. The van der Waals surface area contributed by atoms with Crippen molar-refractivity contribution in [3.63, 3.8) is 0 Å². The summed E-state index contributed by atoms with van der Waals surface area (Å²) in [4.78, 5) is 31.6. The molecule has 0 radical (unpaired) electrons. The highest BCUT2D eigenvalue weighted by atomic mass is 35.5. The number of benzene rings is 1. The van der Waals surface area contributed by atoms with Crippen molar-refractivity contribution in [3.8, 4) is 0 Å². The van der Waals surface area contributed by atoms with Gasteiger partial charge in [0.25, 0.3) is 5.91 Å². The Morgan fingerprint density at radius 2 is 1.96 bits per heavy atom. The monoisotopic (exact) mass is 329 g/mol. The first-order valence-corrected chi connectivity index (χ1v) is 7.47. The van der Waals surface area contributed by atoms with Crippen LogP contribution in [0.1, 0.15) is 21.5 Å². The molecule has 2 amide bonds. The van der Waals surface area contributed by atoms with Crippen LogP contribution in [0.15, 0.2) is 42.7 Å². The minimum atomic E-state index is -1.17. The Balaban J connectivity index is 2.05. The van der Waals surface area contributed by atoms with Crippen LogP contribution in [0.2, 0.25) is 5.02 Å². The maximum absolute atomic E-state index is 12.7. The van der Waals surface area contributed by atoms with Gasteiger partial charge in [-0.25, -0.2) is 4.79 Å². The van der Waals surface area contributed by atoms with Crippen LogP contribution >= 0.6 is 11.6 Å². The Hall–Kier alpha value is -2.60. The minimum Gasteiger partial charge on any atom is -0.465 e. The SMILES string of the molecule is O=C(O)N1CCN2C(=O)c3ccncc3C12c1ccc(Cl)cc1. The summed E-state index contributed by atoms with van der Waals surface area (Å²) in [6.45, 7) is 0.584. The second kappa shape index (κ2) is 4.70. The number of pyridine rings is 1. The Labute approximate surface area is 136 Å².